The van der Waals surface area contributed by atoms with Gasteiger partial charge in [0.1, 0.15) is 0 Å². The summed E-state index contributed by atoms with van der Waals surface area (Å²) in [4.78, 5) is 37.9. The number of likely N-dealkylation sites (tertiary alicyclic amines) is 1. The van der Waals surface area contributed by atoms with Gasteiger partial charge in [-0.25, -0.2) is 0 Å². The van der Waals surface area contributed by atoms with E-state index in [0.717, 1.165) is 26.1 Å². The Balaban J connectivity index is 1.65. The van der Waals surface area contributed by atoms with Gasteiger partial charge in [0.25, 0.3) is 5.91 Å². The number of rotatable bonds is 6. The summed E-state index contributed by atoms with van der Waals surface area (Å²) in [5, 5.41) is 8.39. The molecule has 2 aromatic carbocycles. The minimum Gasteiger partial charge on any atom is -0.348 e. The van der Waals surface area contributed by atoms with Crippen molar-refractivity contribution in [1.82, 2.24) is 10.2 Å². The molecule has 0 unspecified atom stereocenters. The van der Waals surface area contributed by atoms with Crippen LogP contribution in [0.25, 0.3) is 0 Å². The lowest BCUT2D eigenvalue weighted by Gasteiger charge is -2.17. The van der Waals surface area contributed by atoms with Gasteiger partial charge in [0, 0.05) is 56.5 Å². The first-order chi connectivity index (χ1) is 13.9. The van der Waals surface area contributed by atoms with Crippen LogP contribution in [0.4, 0.5) is 11.4 Å². The summed E-state index contributed by atoms with van der Waals surface area (Å²) >= 11 is 0. The minimum absolute atomic E-state index is 0.0554. The number of nitrogens with one attached hydrogen (secondary N) is 3. The van der Waals surface area contributed by atoms with Gasteiger partial charge in [-0.3, -0.25) is 19.3 Å². The molecule has 2 aromatic rings. The summed E-state index contributed by atoms with van der Waals surface area (Å²) in [6.07, 6.45) is 0.877. The molecule has 0 aromatic heterocycles. The molecule has 3 amide bonds. The molecule has 3 rings (SSSR count). The fourth-order valence-corrected chi connectivity index (χ4v) is 3.51. The van der Waals surface area contributed by atoms with E-state index in [-0.39, 0.29) is 23.8 Å². The van der Waals surface area contributed by atoms with Gasteiger partial charge in [-0.1, -0.05) is 30.3 Å². The van der Waals surface area contributed by atoms with Crippen LogP contribution >= 0.6 is 0 Å². The zero-order valence-electron chi connectivity index (χ0n) is 16.7. The summed E-state index contributed by atoms with van der Waals surface area (Å²) in [5.74, 6) is -0.720. The lowest BCUT2D eigenvalue weighted by atomic mass is 10.1. The predicted molar refractivity (Wildman–Crippen MR) is 113 cm³/mol. The van der Waals surface area contributed by atoms with Crippen LogP contribution in [0.1, 0.15) is 36.2 Å². The van der Waals surface area contributed by atoms with E-state index in [1.54, 1.807) is 18.2 Å². The van der Waals surface area contributed by atoms with Crippen molar-refractivity contribution >= 4 is 29.1 Å². The molecule has 0 radical (unpaired) electrons. The third kappa shape index (κ3) is 6.15. The Morgan fingerprint density at radius 2 is 1.59 bits per heavy atom. The van der Waals surface area contributed by atoms with Gasteiger partial charge in [-0.05, 0) is 30.2 Å². The lowest BCUT2D eigenvalue weighted by molar-refractivity contribution is -0.115. The van der Waals surface area contributed by atoms with Crippen molar-refractivity contribution in [2.24, 2.45) is 0 Å². The molecular formula is C22H26N4O3. The van der Waals surface area contributed by atoms with Crippen molar-refractivity contribution in [3.8, 4) is 0 Å². The number of hydrogen-bond acceptors (Lipinski definition) is 4. The Hall–Kier alpha value is -3.19. The second-order valence-electron chi connectivity index (χ2n) is 7.34. The van der Waals surface area contributed by atoms with E-state index < -0.39 is 0 Å². The standard InChI is InChI=1S/C22H26N4O3/c1-15(27)23-20-10-18(11-21(12-20)24-16(2)28)22(29)25-19-8-9-26(14-19)13-17-6-4-3-5-7-17/h3-7,10-12,19H,8-9,13-14H2,1-2H3,(H,23,27)(H,24,28)(H,25,29)/t19-/m1/s1. The van der Waals surface area contributed by atoms with Gasteiger partial charge in [-0.2, -0.15) is 0 Å². The van der Waals surface area contributed by atoms with E-state index in [4.69, 9.17) is 0 Å². The maximum Gasteiger partial charge on any atom is 0.251 e. The number of benzene rings is 2. The predicted octanol–water partition coefficient (Wildman–Crippen LogP) is 2.61. The average Bonchev–Trinajstić information content (AvgIpc) is 3.08. The second kappa shape index (κ2) is 9.34. The number of hydrogen-bond donors (Lipinski definition) is 3. The van der Waals surface area contributed by atoms with Crippen LogP contribution in [0, 0.1) is 0 Å². The maximum atomic E-state index is 12.8. The molecule has 7 nitrogen and oxygen atoms in total. The van der Waals surface area contributed by atoms with Crippen molar-refractivity contribution in [2.75, 3.05) is 23.7 Å². The molecule has 3 N–H and O–H groups in total. The van der Waals surface area contributed by atoms with Crippen molar-refractivity contribution in [2.45, 2.75) is 32.9 Å². The fraction of sp³-hybridized carbons (Fsp3) is 0.318. The van der Waals surface area contributed by atoms with Crippen LogP contribution < -0.4 is 16.0 Å². The molecule has 0 saturated carbocycles. The Bertz CT molecular complexity index is 864. The lowest BCUT2D eigenvalue weighted by Crippen LogP contribution is -2.37. The van der Waals surface area contributed by atoms with Crippen LogP contribution in [0.3, 0.4) is 0 Å². The van der Waals surface area contributed by atoms with Gasteiger partial charge in [0.2, 0.25) is 11.8 Å². The molecule has 0 spiro atoms. The van der Waals surface area contributed by atoms with E-state index in [9.17, 15) is 14.4 Å². The highest BCUT2D eigenvalue weighted by Crippen LogP contribution is 2.20. The Kier molecular flexibility index (Phi) is 6.61. The van der Waals surface area contributed by atoms with Crippen LogP contribution in [-0.4, -0.2) is 41.8 Å². The molecule has 1 fully saturated rings. The van der Waals surface area contributed by atoms with Gasteiger partial charge in [0.15, 0.2) is 0 Å². The van der Waals surface area contributed by atoms with Gasteiger partial charge < -0.3 is 16.0 Å². The SMILES string of the molecule is CC(=O)Nc1cc(NC(C)=O)cc(C(=O)N[C@@H]2CCN(Cc3ccccc3)C2)c1. The van der Waals surface area contributed by atoms with E-state index in [2.05, 4.69) is 33.0 Å². The number of nitrogens with zero attached hydrogens (tertiary/aromatic N) is 1. The molecule has 29 heavy (non-hydrogen) atoms. The molecule has 1 saturated heterocycles. The molecule has 1 aliphatic rings. The smallest absolute Gasteiger partial charge is 0.251 e. The molecule has 1 aliphatic heterocycles. The van der Waals surface area contributed by atoms with Crippen LogP contribution in [0.5, 0.6) is 0 Å². The maximum absolute atomic E-state index is 12.8. The fourth-order valence-electron chi connectivity index (χ4n) is 3.51. The van der Waals surface area contributed by atoms with Crippen LogP contribution in [0.15, 0.2) is 48.5 Å². The molecular weight excluding hydrogens is 368 g/mol. The summed E-state index contributed by atoms with van der Waals surface area (Å²) in [6, 6.07) is 15.2. The largest absolute Gasteiger partial charge is 0.348 e. The van der Waals surface area contributed by atoms with Crippen LogP contribution in [0.2, 0.25) is 0 Å². The van der Waals surface area contributed by atoms with Gasteiger partial charge in [-0.15, -0.1) is 0 Å². The number of anilines is 2. The summed E-state index contributed by atoms with van der Waals surface area (Å²) < 4.78 is 0. The van der Waals surface area contributed by atoms with Crippen molar-refractivity contribution in [3.63, 3.8) is 0 Å². The first-order valence-electron chi connectivity index (χ1n) is 9.66. The van der Waals surface area contributed by atoms with Gasteiger partial charge >= 0.3 is 0 Å². The number of carbonyl (C=O) groups excluding carboxylic acids is 3. The quantitative estimate of drug-likeness (QED) is 0.702. The Morgan fingerprint density at radius 3 is 2.17 bits per heavy atom. The normalized spacial score (nSPS) is 16.3. The van der Waals surface area contributed by atoms with Crippen molar-refractivity contribution in [3.05, 3.63) is 59.7 Å². The third-order valence-corrected chi connectivity index (χ3v) is 4.69. The highest BCUT2D eigenvalue weighted by Gasteiger charge is 2.24. The number of carbonyl (C=O) groups is 3. The van der Waals surface area contributed by atoms with Crippen LogP contribution in [-0.2, 0) is 16.1 Å². The van der Waals surface area contributed by atoms with Crippen molar-refractivity contribution in [1.29, 1.82) is 0 Å². The second-order valence-corrected chi connectivity index (χ2v) is 7.34. The molecule has 1 atom stereocenters. The van der Waals surface area contributed by atoms with E-state index in [0.29, 0.717) is 16.9 Å². The summed E-state index contributed by atoms with van der Waals surface area (Å²) in [5.41, 5.74) is 2.57. The Labute approximate surface area is 170 Å². The number of amides is 3. The average molecular weight is 394 g/mol. The first-order valence-corrected chi connectivity index (χ1v) is 9.66. The summed E-state index contributed by atoms with van der Waals surface area (Å²) in [6.45, 7) is 5.35. The molecule has 152 valence electrons. The monoisotopic (exact) mass is 394 g/mol. The molecule has 0 aliphatic carbocycles. The minimum atomic E-state index is -0.247. The zero-order chi connectivity index (χ0) is 20.8. The zero-order valence-corrected chi connectivity index (χ0v) is 16.7. The molecule has 0 bridgehead atoms. The molecule has 7 heteroatoms. The highest BCUT2D eigenvalue weighted by atomic mass is 16.2. The van der Waals surface area contributed by atoms with E-state index >= 15 is 0 Å². The van der Waals surface area contributed by atoms with Gasteiger partial charge in [0.05, 0.1) is 0 Å². The van der Waals surface area contributed by atoms with Crippen molar-refractivity contribution < 1.29 is 14.4 Å². The Morgan fingerprint density at radius 1 is 0.966 bits per heavy atom. The molecule has 1 heterocycles. The highest BCUT2D eigenvalue weighted by molar-refractivity contribution is 6.00. The topological polar surface area (TPSA) is 90.5 Å². The first kappa shape index (κ1) is 20.5. The summed E-state index contributed by atoms with van der Waals surface area (Å²) in [7, 11) is 0. The van der Waals surface area contributed by atoms with E-state index in [1.165, 1.54) is 19.4 Å². The third-order valence-electron chi connectivity index (χ3n) is 4.69. The van der Waals surface area contributed by atoms with E-state index in [1.807, 2.05) is 18.2 Å².